The third-order valence-electron chi connectivity index (χ3n) is 4.19. The quantitative estimate of drug-likeness (QED) is 0.842. The normalized spacial score (nSPS) is 17.0. The predicted molar refractivity (Wildman–Crippen MR) is 93.1 cm³/mol. The second-order valence-corrected chi connectivity index (χ2v) is 7.20. The molecule has 1 aromatic carbocycles. The number of benzene rings is 1. The van der Waals surface area contributed by atoms with Gasteiger partial charge in [0, 0.05) is 16.1 Å². The number of hydrogen-bond acceptors (Lipinski definition) is 4. The Kier molecular flexibility index (Phi) is 5.30. The molecule has 1 amide bonds. The summed E-state index contributed by atoms with van der Waals surface area (Å²) < 4.78 is 0. The van der Waals surface area contributed by atoms with Crippen molar-refractivity contribution in [2.75, 3.05) is 5.32 Å². The number of anilines is 1. The molecule has 1 atom stereocenters. The molecular formula is C17H19ClN2O2S. The fourth-order valence-electron chi connectivity index (χ4n) is 2.94. The monoisotopic (exact) mass is 350 g/mol. The molecule has 2 N–H and O–H groups in total. The van der Waals surface area contributed by atoms with Gasteiger partial charge in [-0.25, -0.2) is 4.98 Å². The summed E-state index contributed by atoms with van der Waals surface area (Å²) in [4.78, 5) is 16.6. The number of hydrogen-bond donors (Lipinski definition) is 2. The first kappa shape index (κ1) is 16.4. The number of aromatic nitrogens is 1. The van der Waals surface area contributed by atoms with E-state index in [1.54, 1.807) is 29.6 Å². The van der Waals surface area contributed by atoms with Gasteiger partial charge in [-0.15, -0.1) is 11.3 Å². The molecule has 1 fully saturated rings. The van der Waals surface area contributed by atoms with E-state index in [4.69, 9.17) is 11.6 Å². The van der Waals surface area contributed by atoms with E-state index in [1.807, 2.05) is 0 Å². The maximum absolute atomic E-state index is 12.2. The number of rotatable bonds is 4. The number of thiazole rings is 1. The number of nitrogens with one attached hydrogen (secondary N) is 1. The van der Waals surface area contributed by atoms with Crippen molar-refractivity contribution in [2.24, 2.45) is 5.92 Å². The first-order chi connectivity index (χ1) is 11.1. The van der Waals surface area contributed by atoms with Crippen LogP contribution in [-0.2, 0) is 0 Å². The first-order valence-electron chi connectivity index (χ1n) is 7.84. The van der Waals surface area contributed by atoms with E-state index in [-0.39, 0.29) is 11.8 Å². The van der Waals surface area contributed by atoms with Gasteiger partial charge in [0.15, 0.2) is 0 Å². The highest BCUT2D eigenvalue weighted by Crippen LogP contribution is 2.35. The lowest BCUT2D eigenvalue weighted by Gasteiger charge is -2.25. The van der Waals surface area contributed by atoms with Gasteiger partial charge in [-0.1, -0.05) is 36.9 Å². The Morgan fingerprint density at radius 3 is 2.87 bits per heavy atom. The van der Waals surface area contributed by atoms with Crippen LogP contribution in [-0.4, -0.2) is 16.0 Å². The van der Waals surface area contributed by atoms with Crippen LogP contribution in [0.2, 0.25) is 5.02 Å². The number of aliphatic hydroxyl groups excluding tert-OH is 1. The molecule has 4 nitrogen and oxygen atoms in total. The summed E-state index contributed by atoms with van der Waals surface area (Å²) in [5.41, 5.74) is 0.963. The van der Waals surface area contributed by atoms with Crippen molar-refractivity contribution in [1.29, 1.82) is 0 Å². The molecule has 122 valence electrons. The van der Waals surface area contributed by atoms with E-state index in [0.29, 0.717) is 21.4 Å². The minimum Gasteiger partial charge on any atom is -0.386 e. The lowest BCUT2D eigenvalue weighted by molar-refractivity contribution is 0.0842. The Hall–Kier alpha value is -1.43. The molecule has 0 bridgehead atoms. The zero-order valence-electron chi connectivity index (χ0n) is 12.7. The van der Waals surface area contributed by atoms with Crippen LogP contribution in [0.1, 0.15) is 53.7 Å². The lowest BCUT2D eigenvalue weighted by atomic mass is 9.85. The van der Waals surface area contributed by atoms with E-state index in [2.05, 4.69) is 10.3 Å². The standard InChI is InChI=1S/C17H19ClN2O2S/c18-12-7-4-8-13(9-12)19-16(22)14-10-23-17(20-14)15(21)11-5-2-1-3-6-11/h4,7-11,15,21H,1-3,5-6H2,(H,19,22). The van der Waals surface area contributed by atoms with Gasteiger partial charge in [-0.05, 0) is 37.0 Å². The second kappa shape index (κ2) is 7.43. The van der Waals surface area contributed by atoms with E-state index in [9.17, 15) is 9.90 Å². The molecule has 0 radical (unpaired) electrons. The fourth-order valence-corrected chi connectivity index (χ4v) is 4.01. The molecule has 1 aliphatic carbocycles. The minimum atomic E-state index is -0.562. The summed E-state index contributed by atoms with van der Waals surface area (Å²) in [6.07, 6.45) is 5.07. The second-order valence-electron chi connectivity index (χ2n) is 5.88. The third kappa shape index (κ3) is 4.10. The van der Waals surface area contributed by atoms with Gasteiger partial charge in [-0.3, -0.25) is 4.79 Å². The van der Waals surface area contributed by atoms with Crippen LogP contribution in [0.5, 0.6) is 0 Å². The Labute approximate surface area is 144 Å². The molecule has 0 aliphatic heterocycles. The van der Waals surface area contributed by atoms with Gasteiger partial charge in [0.05, 0.1) is 0 Å². The third-order valence-corrected chi connectivity index (χ3v) is 5.34. The molecule has 1 heterocycles. The SMILES string of the molecule is O=C(Nc1cccc(Cl)c1)c1csc(C(O)C2CCCCC2)n1. The van der Waals surface area contributed by atoms with Gasteiger partial charge < -0.3 is 10.4 Å². The van der Waals surface area contributed by atoms with Crippen molar-refractivity contribution < 1.29 is 9.90 Å². The van der Waals surface area contributed by atoms with Gasteiger partial charge in [0.25, 0.3) is 5.91 Å². The van der Waals surface area contributed by atoms with Gasteiger partial charge >= 0.3 is 0 Å². The van der Waals surface area contributed by atoms with E-state index in [0.717, 1.165) is 25.7 Å². The van der Waals surface area contributed by atoms with Crippen LogP contribution in [0, 0.1) is 5.92 Å². The number of carbonyl (C=O) groups is 1. The smallest absolute Gasteiger partial charge is 0.275 e. The van der Waals surface area contributed by atoms with Crippen molar-refractivity contribution in [1.82, 2.24) is 4.98 Å². The van der Waals surface area contributed by atoms with Crippen LogP contribution in [0.3, 0.4) is 0 Å². The first-order valence-corrected chi connectivity index (χ1v) is 9.09. The molecule has 23 heavy (non-hydrogen) atoms. The maximum atomic E-state index is 12.2. The lowest BCUT2D eigenvalue weighted by Crippen LogP contribution is -2.17. The summed E-state index contributed by atoms with van der Waals surface area (Å²) in [7, 11) is 0. The van der Waals surface area contributed by atoms with Gasteiger partial charge in [0.2, 0.25) is 0 Å². The maximum Gasteiger partial charge on any atom is 0.275 e. The highest BCUT2D eigenvalue weighted by molar-refractivity contribution is 7.09. The Balaban J connectivity index is 1.67. The van der Waals surface area contributed by atoms with Crippen molar-refractivity contribution >= 4 is 34.5 Å². The molecule has 1 saturated carbocycles. The van der Waals surface area contributed by atoms with Crippen LogP contribution in [0.4, 0.5) is 5.69 Å². The summed E-state index contributed by atoms with van der Waals surface area (Å²) in [5.74, 6) is -0.0237. The number of halogens is 1. The van der Waals surface area contributed by atoms with Gasteiger partial charge in [-0.2, -0.15) is 0 Å². The molecule has 0 spiro atoms. The van der Waals surface area contributed by atoms with Crippen LogP contribution in [0.15, 0.2) is 29.6 Å². The average Bonchev–Trinajstić information content (AvgIpc) is 3.05. The number of amides is 1. The molecular weight excluding hydrogens is 332 g/mol. The van der Waals surface area contributed by atoms with E-state index in [1.165, 1.54) is 17.8 Å². The van der Waals surface area contributed by atoms with E-state index >= 15 is 0 Å². The highest BCUT2D eigenvalue weighted by Gasteiger charge is 2.26. The fraction of sp³-hybridized carbons (Fsp3) is 0.412. The average molecular weight is 351 g/mol. The summed E-state index contributed by atoms with van der Waals surface area (Å²) in [6, 6.07) is 6.98. The Morgan fingerprint density at radius 1 is 1.35 bits per heavy atom. The minimum absolute atomic E-state index is 0.263. The molecule has 2 aromatic rings. The largest absolute Gasteiger partial charge is 0.386 e. The zero-order chi connectivity index (χ0) is 16.2. The molecule has 3 rings (SSSR count). The van der Waals surface area contributed by atoms with Crippen molar-refractivity contribution in [3.05, 3.63) is 45.4 Å². The van der Waals surface area contributed by atoms with Crippen LogP contribution in [0.25, 0.3) is 0 Å². The Morgan fingerprint density at radius 2 is 2.13 bits per heavy atom. The number of carbonyl (C=O) groups excluding carboxylic acids is 1. The highest BCUT2D eigenvalue weighted by atomic mass is 35.5. The topological polar surface area (TPSA) is 62.2 Å². The molecule has 0 saturated heterocycles. The molecule has 1 aromatic heterocycles. The summed E-state index contributed by atoms with van der Waals surface area (Å²) in [6.45, 7) is 0. The van der Waals surface area contributed by atoms with Crippen LogP contribution < -0.4 is 5.32 Å². The summed E-state index contributed by atoms with van der Waals surface area (Å²) >= 11 is 7.25. The zero-order valence-corrected chi connectivity index (χ0v) is 14.2. The molecule has 6 heteroatoms. The van der Waals surface area contributed by atoms with Crippen LogP contribution >= 0.6 is 22.9 Å². The number of aliphatic hydroxyl groups is 1. The van der Waals surface area contributed by atoms with E-state index < -0.39 is 6.10 Å². The predicted octanol–water partition coefficient (Wildman–Crippen LogP) is 4.66. The van der Waals surface area contributed by atoms with Gasteiger partial charge in [0.1, 0.15) is 16.8 Å². The number of nitrogens with zero attached hydrogens (tertiary/aromatic N) is 1. The molecule has 1 aliphatic rings. The Bertz CT molecular complexity index is 683. The molecule has 1 unspecified atom stereocenters. The van der Waals surface area contributed by atoms with Crippen molar-refractivity contribution in [2.45, 2.75) is 38.2 Å². The van der Waals surface area contributed by atoms with Crippen molar-refractivity contribution in [3.8, 4) is 0 Å². The summed E-state index contributed by atoms with van der Waals surface area (Å²) in [5, 5.41) is 16.1. The van der Waals surface area contributed by atoms with Crippen molar-refractivity contribution in [3.63, 3.8) is 0 Å².